The molecular formula is C15H20N2O3. The number of hydrogen-bond donors (Lipinski definition) is 1. The molecule has 5 heteroatoms. The van der Waals surface area contributed by atoms with E-state index in [1.165, 1.54) is 0 Å². The second kappa shape index (κ2) is 6.52. The van der Waals surface area contributed by atoms with Crippen molar-refractivity contribution in [2.45, 2.75) is 33.2 Å². The maximum atomic E-state index is 11.3. The lowest BCUT2D eigenvalue weighted by Gasteiger charge is -2.09. The fourth-order valence-electron chi connectivity index (χ4n) is 2.32. The van der Waals surface area contributed by atoms with Crippen molar-refractivity contribution in [3.63, 3.8) is 0 Å². The summed E-state index contributed by atoms with van der Waals surface area (Å²) in [7, 11) is 0. The Morgan fingerprint density at radius 2 is 2.20 bits per heavy atom. The van der Waals surface area contributed by atoms with Gasteiger partial charge in [-0.05, 0) is 31.9 Å². The van der Waals surface area contributed by atoms with Crippen LogP contribution in [0.1, 0.15) is 35.9 Å². The van der Waals surface area contributed by atoms with Gasteiger partial charge in [-0.25, -0.2) is 9.78 Å². The standard InChI is InChI=1S/C15H20N2O3/c1-3-9-20-10-5-8-17-11(2)16-13-7-4-6-12(14(13)17)15(18)19/h4,6-7H,3,5,8-10H2,1-2H3,(H,18,19). The Bertz CT molecular complexity index is 604. The molecular weight excluding hydrogens is 256 g/mol. The van der Waals surface area contributed by atoms with Crippen LogP contribution in [0.3, 0.4) is 0 Å². The molecule has 1 heterocycles. The summed E-state index contributed by atoms with van der Waals surface area (Å²) in [4.78, 5) is 15.8. The van der Waals surface area contributed by atoms with Gasteiger partial charge >= 0.3 is 5.97 Å². The quantitative estimate of drug-likeness (QED) is 0.790. The first-order chi connectivity index (χ1) is 9.65. The highest BCUT2D eigenvalue weighted by molar-refractivity contribution is 6.01. The van der Waals surface area contributed by atoms with E-state index in [2.05, 4.69) is 11.9 Å². The molecule has 20 heavy (non-hydrogen) atoms. The molecule has 0 aliphatic carbocycles. The Morgan fingerprint density at radius 3 is 2.90 bits per heavy atom. The summed E-state index contributed by atoms with van der Waals surface area (Å²) in [5, 5.41) is 9.29. The zero-order valence-corrected chi connectivity index (χ0v) is 11.9. The van der Waals surface area contributed by atoms with Gasteiger partial charge in [-0.1, -0.05) is 13.0 Å². The van der Waals surface area contributed by atoms with Crippen LogP contribution in [0.15, 0.2) is 18.2 Å². The van der Waals surface area contributed by atoms with Crippen molar-refractivity contribution < 1.29 is 14.6 Å². The van der Waals surface area contributed by atoms with Crippen molar-refractivity contribution in [2.75, 3.05) is 13.2 Å². The third-order valence-electron chi connectivity index (χ3n) is 3.21. The largest absolute Gasteiger partial charge is 0.478 e. The second-order valence-corrected chi connectivity index (χ2v) is 4.76. The van der Waals surface area contributed by atoms with Crippen molar-refractivity contribution in [1.82, 2.24) is 9.55 Å². The molecule has 0 aliphatic rings. The molecule has 108 valence electrons. The lowest BCUT2D eigenvalue weighted by Crippen LogP contribution is -2.07. The van der Waals surface area contributed by atoms with Crippen molar-refractivity contribution in [1.29, 1.82) is 0 Å². The number of ether oxygens (including phenoxy) is 1. The monoisotopic (exact) mass is 276 g/mol. The lowest BCUT2D eigenvalue weighted by atomic mass is 10.2. The minimum absolute atomic E-state index is 0.303. The highest BCUT2D eigenvalue weighted by atomic mass is 16.5. The van der Waals surface area contributed by atoms with Gasteiger partial charge in [0.05, 0.1) is 16.6 Å². The van der Waals surface area contributed by atoms with E-state index in [-0.39, 0.29) is 0 Å². The molecule has 2 rings (SSSR count). The number of fused-ring (bicyclic) bond motifs is 1. The summed E-state index contributed by atoms with van der Waals surface area (Å²) in [5.41, 5.74) is 1.74. The van der Waals surface area contributed by atoms with Gasteiger partial charge in [0.2, 0.25) is 0 Å². The first kappa shape index (κ1) is 14.5. The molecule has 0 spiro atoms. The van der Waals surface area contributed by atoms with Gasteiger partial charge in [-0.15, -0.1) is 0 Å². The maximum Gasteiger partial charge on any atom is 0.337 e. The van der Waals surface area contributed by atoms with Crippen LogP contribution >= 0.6 is 0 Å². The minimum Gasteiger partial charge on any atom is -0.478 e. The molecule has 0 bridgehead atoms. The Balaban J connectivity index is 2.23. The van der Waals surface area contributed by atoms with E-state index in [1.54, 1.807) is 12.1 Å². The van der Waals surface area contributed by atoms with Gasteiger partial charge < -0.3 is 14.4 Å². The maximum absolute atomic E-state index is 11.3. The van der Waals surface area contributed by atoms with Crippen molar-refractivity contribution in [3.8, 4) is 0 Å². The number of imidazole rings is 1. The number of aryl methyl sites for hydroxylation is 2. The molecule has 5 nitrogen and oxygen atoms in total. The van der Waals surface area contributed by atoms with Gasteiger partial charge in [0.1, 0.15) is 5.82 Å². The van der Waals surface area contributed by atoms with Gasteiger partial charge in [-0.2, -0.15) is 0 Å². The number of para-hydroxylation sites is 1. The van der Waals surface area contributed by atoms with Crippen LogP contribution in [0.2, 0.25) is 0 Å². The van der Waals surface area contributed by atoms with Crippen LogP contribution in [0.25, 0.3) is 11.0 Å². The first-order valence-corrected chi connectivity index (χ1v) is 6.92. The van der Waals surface area contributed by atoms with Gasteiger partial charge in [0.15, 0.2) is 0 Å². The number of carbonyl (C=O) groups is 1. The molecule has 0 unspecified atom stereocenters. The van der Waals surface area contributed by atoms with E-state index in [0.29, 0.717) is 17.7 Å². The van der Waals surface area contributed by atoms with E-state index in [0.717, 1.165) is 37.3 Å². The summed E-state index contributed by atoms with van der Waals surface area (Å²) >= 11 is 0. The first-order valence-electron chi connectivity index (χ1n) is 6.92. The zero-order chi connectivity index (χ0) is 14.5. The summed E-state index contributed by atoms with van der Waals surface area (Å²) in [6.07, 6.45) is 1.86. The highest BCUT2D eigenvalue weighted by Crippen LogP contribution is 2.21. The number of aromatic nitrogens is 2. The number of nitrogens with zero attached hydrogens (tertiary/aromatic N) is 2. The predicted molar refractivity (Wildman–Crippen MR) is 77.2 cm³/mol. The number of carboxylic acid groups (broad SMARTS) is 1. The number of carboxylic acids is 1. The molecule has 1 N–H and O–H groups in total. The molecule has 0 fully saturated rings. The van der Waals surface area contributed by atoms with E-state index in [4.69, 9.17) is 4.74 Å². The van der Waals surface area contributed by atoms with Crippen molar-refractivity contribution in [3.05, 3.63) is 29.6 Å². The normalized spacial score (nSPS) is 11.1. The van der Waals surface area contributed by atoms with E-state index in [9.17, 15) is 9.90 Å². The Hall–Kier alpha value is -1.88. The molecule has 1 aromatic heterocycles. The Kier molecular flexibility index (Phi) is 4.74. The number of aromatic carboxylic acids is 1. The third-order valence-corrected chi connectivity index (χ3v) is 3.21. The minimum atomic E-state index is -0.918. The van der Waals surface area contributed by atoms with Gasteiger partial charge in [0.25, 0.3) is 0 Å². The topological polar surface area (TPSA) is 64.4 Å². The van der Waals surface area contributed by atoms with Crippen LogP contribution in [0, 0.1) is 6.92 Å². The average molecular weight is 276 g/mol. The van der Waals surface area contributed by atoms with Gasteiger partial charge in [0, 0.05) is 19.8 Å². The number of benzene rings is 1. The third kappa shape index (κ3) is 2.99. The average Bonchev–Trinajstić information content (AvgIpc) is 2.74. The fourth-order valence-corrected chi connectivity index (χ4v) is 2.32. The summed E-state index contributed by atoms with van der Waals surface area (Å²) in [6, 6.07) is 5.20. The van der Waals surface area contributed by atoms with E-state index >= 15 is 0 Å². The molecule has 0 saturated carbocycles. The molecule has 0 atom stereocenters. The molecule has 2 aromatic rings. The highest BCUT2D eigenvalue weighted by Gasteiger charge is 2.15. The van der Waals surface area contributed by atoms with Crippen LogP contribution in [-0.4, -0.2) is 33.8 Å². The second-order valence-electron chi connectivity index (χ2n) is 4.76. The van der Waals surface area contributed by atoms with Crippen LogP contribution in [0.4, 0.5) is 0 Å². The molecule has 0 amide bonds. The predicted octanol–water partition coefficient (Wildman–Crippen LogP) is 2.86. The summed E-state index contributed by atoms with van der Waals surface area (Å²) < 4.78 is 7.43. The molecule has 0 aliphatic heterocycles. The van der Waals surface area contributed by atoms with Crippen LogP contribution < -0.4 is 0 Å². The van der Waals surface area contributed by atoms with E-state index < -0.39 is 5.97 Å². The van der Waals surface area contributed by atoms with E-state index in [1.807, 2.05) is 17.6 Å². The SMILES string of the molecule is CCCOCCCn1c(C)nc2cccc(C(=O)O)c21. The van der Waals surface area contributed by atoms with Gasteiger partial charge in [-0.3, -0.25) is 0 Å². The Morgan fingerprint density at radius 1 is 1.40 bits per heavy atom. The smallest absolute Gasteiger partial charge is 0.337 e. The van der Waals surface area contributed by atoms with Crippen molar-refractivity contribution >= 4 is 17.0 Å². The summed E-state index contributed by atoms with van der Waals surface area (Å²) in [5.74, 6) is -0.0804. The molecule has 0 radical (unpaired) electrons. The molecule has 0 saturated heterocycles. The zero-order valence-electron chi connectivity index (χ0n) is 11.9. The fraction of sp³-hybridized carbons (Fsp3) is 0.467. The lowest BCUT2D eigenvalue weighted by molar-refractivity contribution is 0.0698. The Labute approximate surface area is 118 Å². The number of hydrogen-bond acceptors (Lipinski definition) is 3. The molecule has 1 aromatic carbocycles. The van der Waals surface area contributed by atoms with Crippen molar-refractivity contribution in [2.24, 2.45) is 0 Å². The van der Waals surface area contributed by atoms with Crippen LogP contribution in [0.5, 0.6) is 0 Å². The van der Waals surface area contributed by atoms with Crippen LogP contribution in [-0.2, 0) is 11.3 Å². The summed E-state index contributed by atoms with van der Waals surface area (Å²) in [6.45, 7) is 6.15. The number of rotatable bonds is 7.